The molecule has 0 aliphatic carbocycles. The fourth-order valence-corrected chi connectivity index (χ4v) is 2.73. The number of carboxylic acid groups (broad SMARTS) is 1. The van der Waals surface area contributed by atoms with Gasteiger partial charge in [-0.15, -0.1) is 0 Å². The SMILES string of the molecule is CC1CN(C(=O)c2cnc(C(=O)O)cn2)CCS1. The van der Waals surface area contributed by atoms with E-state index in [0.717, 1.165) is 11.9 Å². The lowest BCUT2D eigenvalue weighted by Crippen LogP contribution is -2.41. The molecule has 0 spiro atoms. The lowest BCUT2D eigenvalue weighted by molar-refractivity contribution is 0.0686. The van der Waals surface area contributed by atoms with Crippen LogP contribution in [-0.4, -0.2) is 55.9 Å². The highest BCUT2D eigenvalue weighted by molar-refractivity contribution is 7.99. The molecule has 0 radical (unpaired) electrons. The lowest BCUT2D eigenvalue weighted by atomic mass is 10.3. The van der Waals surface area contributed by atoms with Gasteiger partial charge in [0.25, 0.3) is 5.91 Å². The molecule has 1 aliphatic rings. The molecule has 0 saturated carbocycles. The van der Waals surface area contributed by atoms with Crippen LogP contribution in [0.3, 0.4) is 0 Å². The zero-order valence-corrected chi connectivity index (χ0v) is 10.7. The third-order valence-electron chi connectivity index (χ3n) is 2.62. The van der Waals surface area contributed by atoms with Crippen molar-refractivity contribution in [3.05, 3.63) is 23.8 Å². The van der Waals surface area contributed by atoms with Gasteiger partial charge in [-0.2, -0.15) is 11.8 Å². The average Bonchev–Trinajstić information content (AvgIpc) is 2.38. The first-order valence-electron chi connectivity index (χ1n) is 5.54. The Labute approximate surface area is 108 Å². The van der Waals surface area contributed by atoms with E-state index in [-0.39, 0.29) is 17.3 Å². The maximum Gasteiger partial charge on any atom is 0.356 e. The number of nitrogens with zero attached hydrogens (tertiary/aromatic N) is 3. The summed E-state index contributed by atoms with van der Waals surface area (Å²) in [5, 5.41) is 9.11. The molecule has 18 heavy (non-hydrogen) atoms. The molecule has 6 nitrogen and oxygen atoms in total. The summed E-state index contributed by atoms with van der Waals surface area (Å²) in [4.78, 5) is 32.0. The van der Waals surface area contributed by atoms with E-state index in [1.54, 1.807) is 4.90 Å². The van der Waals surface area contributed by atoms with Crippen LogP contribution in [0.15, 0.2) is 12.4 Å². The van der Waals surface area contributed by atoms with E-state index < -0.39 is 5.97 Å². The monoisotopic (exact) mass is 267 g/mol. The van der Waals surface area contributed by atoms with E-state index in [1.807, 2.05) is 11.8 Å². The molecule has 1 aromatic rings. The van der Waals surface area contributed by atoms with Gasteiger partial charge >= 0.3 is 5.97 Å². The Kier molecular flexibility index (Phi) is 3.81. The summed E-state index contributed by atoms with van der Waals surface area (Å²) in [5.74, 6) is -0.427. The number of aromatic nitrogens is 2. The molecule has 1 atom stereocenters. The number of thioether (sulfide) groups is 1. The molecular weight excluding hydrogens is 254 g/mol. The second-order valence-corrected chi connectivity index (χ2v) is 5.57. The van der Waals surface area contributed by atoms with Gasteiger partial charge in [-0.1, -0.05) is 6.92 Å². The number of hydrogen-bond donors (Lipinski definition) is 1. The summed E-state index contributed by atoms with van der Waals surface area (Å²) < 4.78 is 0. The van der Waals surface area contributed by atoms with E-state index in [2.05, 4.69) is 16.9 Å². The minimum Gasteiger partial charge on any atom is -0.476 e. The van der Waals surface area contributed by atoms with Crippen molar-refractivity contribution >= 4 is 23.6 Å². The van der Waals surface area contributed by atoms with Crippen LogP contribution in [0.2, 0.25) is 0 Å². The largest absolute Gasteiger partial charge is 0.476 e. The van der Waals surface area contributed by atoms with E-state index in [4.69, 9.17) is 5.11 Å². The molecule has 1 fully saturated rings. The van der Waals surface area contributed by atoms with Gasteiger partial charge in [0.15, 0.2) is 5.69 Å². The highest BCUT2D eigenvalue weighted by Crippen LogP contribution is 2.18. The Morgan fingerprint density at radius 2 is 2.06 bits per heavy atom. The van der Waals surface area contributed by atoms with Crippen molar-refractivity contribution in [3.8, 4) is 0 Å². The van der Waals surface area contributed by atoms with Crippen molar-refractivity contribution in [2.24, 2.45) is 0 Å². The molecule has 1 unspecified atom stereocenters. The third-order valence-corrected chi connectivity index (χ3v) is 3.75. The number of carbonyl (C=O) groups excluding carboxylic acids is 1. The van der Waals surface area contributed by atoms with Gasteiger partial charge in [0.2, 0.25) is 0 Å². The zero-order valence-electron chi connectivity index (χ0n) is 9.87. The van der Waals surface area contributed by atoms with Crippen molar-refractivity contribution < 1.29 is 14.7 Å². The molecule has 1 amide bonds. The third kappa shape index (κ3) is 2.79. The smallest absolute Gasteiger partial charge is 0.356 e. The average molecular weight is 267 g/mol. The second-order valence-electron chi connectivity index (χ2n) is 4.02. The summed E-state index contributed by atoms with van der Waals surface area (Å²) in [6.07, 6.45) is 2.33. The molecule has 2 heterocycles. The second kappa shape index (κ2) is 5.34. The van der Waals surface area contributed by atoms with Crippen molar-refractivity contribution in [3.63, 3.8) is 0 Å². The number of amides is 1. The predicted molar refractivity (Wildman–Crippen MR) is 66.8 cm³/mol. The molecule has 1 aromatic heterocycles. The Bertz CT molecular complexity index is 463. The van der Waals surface area contributed by atoms with Crippen molar-refractivity contribution in [1.82, 2.24) is 14.9 Å². The Hall–Kier alpha value is -1.63. The maximum atomic E-state index is 12.1. The molecule has 96 valence electrons. The normalized spacial score (nSPS) is 19.6. The van der Waals surface area contributed by atoms with Gasteiger partial charge < -0.3 is 10.0 Å². The molecule has 0 aromatic carbocycles. The van der Waals surface area contributed by atoms with Gasteiger partial charge in [0.1, 0.15) is 5.69 Å². The fraction of sp³-hybridized carbons (Fsp3) is 0.455. The van der Waals surface area contributed by atoms with Gasteiger partial charge in [-0.25, -0.2) is 14.8 Å². The van der Waals surface area contributed by atoms with E-state index >= 15 is 0 Å². The van der Waals surface area contributed by atoms with Crippen LogP contribution >= 0.6 is 11.8 Å². The van der Waals surface area contributed by atoms with Crippen molar-refractivity contribution in [2.45, 2.75) is 12.2 Å². The van der Waals surface area contributed by atoms with Crippen molar-refractivity contribution in [1.29, 1.82) is 0 Å². The van der Waals surface area contributed by atoms with Crippen LogP contribution in [0.25, 0.3) is 0 Å². The van der Waals surface area contributed by atoms with E-state index in [9.17, 15) is 9.59 Å². The van der Waals surface area contributed by atoms with Crippen LogP contribution in [0, 0.1) is 0 Å². The van der Waals surface area contributed by atoms with Gasteiger partial charge in [-0.05, 0) is 0 Å². The number of hydrogen-bond acceptors (Lipinski definition) is 5. The predicted octanol–water partition coefficient (Wildman–Crippen LogP) is 0.752. The molecule has 1 saturated heterocycles. The fourth-order valence-electron chi connectivity index (χ4n) is 1.71. The highest BCUT2D eigenvalue weighted by atomic mass is 32.2. The highest BCUT2D eigenvalue weighted by Gasteiger charge is 2.23. The Morgan fingerprint density at radius 1 is 1.39 bits per heavy atom. The van der Waals surface area contributed by atoms with Gasteiger partial charge in [0, 0.05) is 24.1 Å². The Morgan fingerprint density at radius 3 is 2.61 bits per heavy atom. The number of carbonyl (C=O) groups is 2. The first-order valence-corrected chi connectivity index (χ1v) is 6.59. The van der Waals surface area contributed by atoms with Gasteiger partial charge in [0.05, 0.1) is 12.4 Å². The van der Waals surface area contributed by atoms with Crippen LogP contribution < -0.4 is 0 Å². The summed E-state index contributed by atoms with van der Waals surface area (Å²) in [6.45, 7) is 3.45. The lowest BCUT2D eigenvalue weighted by Gasteiger charge is -2.30. The number of carboxylic acids is 1. The Balaban J connectivity index is 2.10. The molecule has 2 rings (SSSR count). The molecule has 1 aliphatic heterocycles. The maximum absolute atomic E-state index is 12.1. The number of aromatic carboxylic acids is 1. The van der Waals surface area contributed by atoms with Crippen LogP contribution in [-0.2, 0) is 0 Å². The van der Waals surface area contributed by atoms with Gasteiger partial charge in [-0.3, -0.25) is 4.79 Å². The minimum absolute atomic E-state index is 0.158. The molecular formula is C11H13N3O3S. The zero-order chi connectivity index (χ0) is 13.1. The van der Waals surface area contributed by atoms with Crippen LogP contribution in [0.4, 0.5) is 0 Å². The minimum atomic E-state index is -1.15. The molecule has 0 bridgehead atoms. The summed E-state index contributed by atoms with van der Waals surface area (Å²) in [7, 11) is 0. The quantitative estimate of drug-likeness (QED) is 0.851. The van der Waals surface area contributed by atoms with E-state index in [0.29, 0.717) is 18.3 Å². The first kappa shape index (κ1) is 12.8. The summed E-state index contributed by atoms with van der Waals surface area (Å²) in [6, 6.07) is 0. The summed E-state index contributed by atoms with van der Waals surface area (Å²) in [5.41, 5.74) is 0.0354. The van der Waals surface area contributed by atoms with Crippen LogP contribution in [0.5, 0.6) is 0 Å². The summed E-state index contributed by atoms with van der Waals surface area (Å²) >= 11 is 1.83. The van der Waals surface area contributed by atoms with Crippen molar-refractivity contribution in [2.75, 3.05) is 18.8 Å². The standard InChI is InChI=1S/C11H13N3O3S/c1-7-6-14(2-3-18-7)10(15)8-4-13-9(5-12-8)11(16)17/h4-5,7H,2-3,6H2,1H3,(H,16,17). The number of rotatable bonds is 2. The first-order chi connectivity index (χ1) is 8.58. The molecule has 1 N–H and O–H groups in total. The topological polar surface area (TPSA) is 83.4 Å². The van der Waals surface area contributed by atoms with E-state index in [1.165, 1.54) is 6.20 Å². The van der Waals surface area contributed by atoms with Crippen LogP contribution in [0.1, 0.15) is 27.9 Å². The molecule has 7 heteroatoms.